The lowest BCUT2D eigenvalue weighted by molar-refractivity contribution is -0.122. The number of nitrogens with zero attached hydrogens (tertiary/aromatic N) is 1. The number of morpholine rings is 1. The molecule has 0 radical (unpaired) electrons. The summed E-state index contributed by atoms with van der Waals surface area (Å²) >= 11 is 0. The number of ether oxygens (including phenoxy) is 1. The molecule has 2 aliphatic heterocycles. The molecule has 1 aromatic rings. The molecular formula is C23H39Cl2N3O2. The Morgan fingerprint density at radius 2 is 1.67 bits per heavy atom. The Labute approximate surface area is 194 Å². The van der Waals surface area contributed by atoms with Gasteiger partial charge in [-0.2, -0.15) is 0 Å². The number of benzene rings is 1. The van der Waals surface area contributed by atoms with Gasteiger partial charge in [0.2, 0.25) is 5.91 Å². The van der Waals surface area contributed by atoms with Crippen molar-refractivity contribution in [1.29, 1.82) is 0 Å². The third-order valence-electron chi connectivity index (χ3n) is 6.11. The number of nitrogens with one attached hydrogen (secondary N) is 2. The van der Waals surface area contributed by atoms with E-state index in [0.29, 0.717) is 37.0 Å². The van der Waals surface area contributed by atoms with Crippen molar-refractivity contribution in [2.45, 2.75) is 65.3 Å². The largest absolute Gasteiger partial charge is 0.373 e. The van der Waals surface area contributed by atoms with Crippen LogP contribution in [0.5, 0.6) is 0 Å². The molecule has 3 rings (SSSR count). The van der Waals surface area contributed by atoms with Crippen LogP contribution in [-0.2, 0) is 22.6 Å². The molecule has 2 fully saturated rings. The second-order valence-electron chi connectivity index (χ2n) is 8.81. The smallest absolute Gasteiger partial charge is 0.220 e. The van der Waals surface area contributed by atoms with Gasteiger partial charge < -0.3 is 15.4 Å². The maximum atomic E-state index is 12.3. The quantitative estimate of drug-likeness (QED) is 0.651. The Bertz CT molecular complexity index is 613. The van der Waals surface area contributed by atoms with E-state index in [4.69, 9.17) is 4.74 Å². The fourth-order valence-electron chi connectivity index (χ4n) is 4.58. The molecule has 1 aromatic carbocycles. The van der Waals surface area contributed by atoms with E-state index in [0.717, 1.165) is 38.3 Å². The predicted molar refractivity (Wildman–Crippen MR) is 127 cm³/mol. The van der Waals surface area contributed by atoms with Crippen LogP contribution in [0, 0.1) is 11.8 Å². The van der Waals surface area contributed by atoms with Crippen LogP contribution in [0.15, 0.2) is 24.3 Å². The van der Waals surface area contributed by atoms with Crippen LogP contribution in [-0.4, -0.2) is 49.2 Å². The van der Waals surface area contributed by atoms with Gasteiger partial charge in [0.05, 0.1) is 12.2 Å². The van der Waals surface area contributed by atoms with Gasteiger partial charge in [-0.25, -0.2) is 0 Å². The highest BCUT2D eigenvalue weighted by atomic mass is 35.5. The molecule has 0 aliphatic carbocycles. The first-order valence-electron chi connectivity index (χ1n) is 10.9. The zero-order valence-corrected chi connectivity index (χ0v) is 20.2. The fourth-order valence-corrected chi connectivity index (χ4v) is 4.58. The van der Waals surface area contributed by atoms with Crippen LogP contribution in [0.1, 0.15) is 51.2 Å². The van der Waals surface area contributed by atoms with E-state index in [2.05, 4.69) is 60.6 Å². The van der Waals surface area contributed by atoms with Crippen LogP contribution in [0.2, 0.25) is 0 Å². The van der Waals surface area contributed by atoms with Gasteiger partial charge in [-0.3, -0.25) is 9.69 Å². The van der Waals surface area contributed by atoms with Gasteiger partial charge in [0.15, 0.2) is 0 Å². The molecule has 2 saturated heterocycles. The van der Waals surface area contributed by atoms with Crippen LogP contribution in [0.3, 0.4) is 0 Å². The third kappa shape index (κ3) is 8.72. The summed E-state index contributed by atoms with van der Waals surface area (Å²) in [6, 6.07) is 8.65. The van der Waals surface area contributed by atoms with Gasteiger partial charge >= 0.3 is 0 Å². The van der Waals surface area contributed by atoms with Crippen molar-refractivity contribution >= 4 is 30.7 Å². The van der Waals surface area contributed by atoms with E-state index in [1.54, 1.807) is 0 Å². The van der Waals surface area contributed by atoms with Gasteiger partial charge in [0.25, 0.3) is 0 Å². The van der Waals surface area contributed by atoms with Crippen molar-refractivity contribution in [3.63, 3.8) is 0 Å². The maximum Gasteiger partial charge on any atom is 0.220 e. The van der Waals surface area contributed by atoms with Crippen LogP contribution in [0.4, 0.5) is 0 Å². The van der Waals surface area contributed by atoms with Crippen molar-refractivity contribution in [1.82, 2.24) is 15.5 Å². The summed E-state index contributed by atoms with van der Waals surface area (Å²) in [7, 11) is 0. The molecule has 3 atom stereocenters. The highest BCUT2D eigenvalue weighted by Gasteiger charge is 2.23. The minimum atomic E-state index is 0. The summed E-state index contributed by atoms with van der Waals surface area (Å²) in [6.07, 6.45) is 3.61. The van der Waals surface area contributed by atoms with Gasteiger partial charge in [-0.05, 0) is 62.7 Å². The van der Waals surface area contributed by atoms with Crippen molar-refractivity contribution < 1.29 is 9.53 Å². The number of amides is 1. The minimum Gasteiger partial charge on any atom is -0.373 e. The Morgan fingerprint density at radius 1 is 1.10 bits per heavy atom. The summed E-state index contributed by atoms with van der Waals surface area (Å²) in [5.74, 6) is 1.31. The van der Waals surface area contributed by atoms with Gasteiger partial charge in [-0.15, -0.1) is 24.8 Å². The molecule has 5 nitrogen and oxygen atoms in total. The topological polar surface area (TPSA) is 53.6 Å². The first kappa shape index (κ1) is 27.2. The average molecular weight is 460 g/mol. The molecule has 0 aromatic heterocycles. The van der Waals surface area contributed by atoms with Gasteiger partial charge in [0.1, 0.15) is 0 Å². The second kappa shape index (κ2) is 13.5. The Hall–Kier alpha value is -0.850. The molecule has 1 amide bonds. The molecule has 7 heteroatoms. The molecule has 0 bridgehead atoms. The Morgan fingerprint density at radius 3 is 2.27 bits per heavy atom. The number of hydrogen-bond donors (Lipinski definition) is 2. The second-order valence-corrected chi connectivity index (χ2v) is 8.81. The van der Waals surface area contributed by atoms with Gasteiger partial charge in [-0.1, -0.05) is 31.2 Å². The van der Waals surface area contributed by atoms with Crippen molar-refractivity contribution in [3.05, 3.63) is 35.4 Å². The highest BCUT2D eigenvalue weighted by Crippen LogP contribution is 2.24. The Balaban J connectivity index is 0.00000225. The van der Waals surface area contributed by atoms with E-state index >= 15 is 0 Å². The molecule has 30 heavy (non-hydrogen) atoms. The molecule has 2 aliphatic rings. The summed E-state index contributed by atoms with van der Waals surface area (Å²) in [6.45, 7) is 12.2. The lowest BCUT2D eigenvalue weighted by Crippen LogP contribution is -2.44. The lowest BCUT2D eigenvalue weighted by atomic mass is 9.84. The van der Waals surface area contributed by atoms with E-state index in [9.17, 15) is 4.79 Å². The minimum absolute atomic E-state index is 0. The Kier molecular flexibility index (Phi) is 12.3. The van der Waals surface area contributed by atoms with Crippen LogP contribution >= 0.6 is 24.8 Å². The first-order valence-corrected chi connectivity index (χ1v) is 10.9. The number of hydrogen-bond acceptors (Lipinski definition) is 4. The molecule has 2 heterocycles. The number of rotatable bonds is 7. The van der Waals surface area contributed by atoms with E-state index in [1.165, 1.54) is 18.4 Å². The average Bonchev–Trinajstić information content (AvgIpc) is 2.67. The zero-order chi connectivity index (χ0) is 19.9. The van der Waals surface area contributed by atoms with E-state index in [-0.39, 0.29) is 30.7 Å². The molecule has 172 valence electrons. The van der Waals surface area contributed by atoms with Gasteiger partial charge in [0, 0.05) is 32.6 Å². The molecule has 2 N–H and O–H groups in total. The maximum absolute atomic E-state index is 12.3. The highest BCUT2D eigenvalue weighted by molar-refractivity contribution is 5.85. The van der Waals surface area contributed by atoms with Crippen molar-refractivity contribution in [2.24, 2.45) is 11.8 Å². The molecular weight excluding hydrogens is 421 g/mol. The standard InChI is InChI=1S/C23H37N3O2.2ClH/c1-17(22-8-10-24-11-9-22)12-23(27)25-13-20-4-6-21(7-5-20)16-26-14-18(2)28-19(3)15-26;;/h4-7,17-19,22,24H,8-16H2,1-3H3,(H,25,27);2*1H. The first-order chi connectivity index (χ1) is 13.5. The monoisotopic (exact) mass is 459 g/mol. The number of carbonyl (C=O) groups is 1. The number of halogens is 2. The number of piperidine rings is 1. The summed E-state index contributed by atoms with van der Waals surface area (Å²) in [5.41, 5.74) is 2.48. The fraction of sp³-hybridized carbons (Fsp3) is 0.696. The van der Waals surface area contributed by atoms with Crippen molar-refractivity contribution in [2.75, 3.05) is 26.2 Å². The lowest BCUT2D eigenvalue weighted by Gasteiger charge is -2.35. The van der Waals surface area contributed by atoms with Crippen LogP contribution in [0.25, 0.3) is 0 Å². The molecule has 0 spiro atoms. The summed E-state index contributed by atoms with van der Waals surface area (Å²) in [4.78, 5) is 14.8. The summed E-state index contributed by atoms with van der Waals surface area (Å²) in [5, 5.41) is 6.49. The van der Waals surface area contributed by atoms with E-state index in [1.807, 2.05) is 0 Å². The number of carbonyl (C=O) groups excluding carboxylic acids is 1. The molecule has 0 saturated carbocycles. The van der Waals surface area contributed by atoms with Crippen molar-refractivity contribution in [3.8, 4) is 0 Å². The third-order valence-corrected chi connectivity index (χ3v) is 6.11. The van der Waals surface area contributed by atoms with E-state index < -0.39 is 0 Å². The SMILES string of the molecule is CC1CN(Cc2ccc(CNC(=O)CC(C)C3CCNCC3)cc2)CC(C)O1.Cl.Cl. The van der Waals surface area contributed by atoms with Crippen LogP contribution < -0.4 is 10.6 Å². The molecule has 3 unspecified atom stereocenters. The summed E-state index contributed by atoms with van der Waals surface area (Å²) < 4.78 is 5.81. The normalized spacial score (nSPS) is 23.7. The zero-order valence-electron chi connectivity index (χ0n) is 18.6. The predicted octanol–water partition coefficient (Wildman–Crippen LogP) is 3.78.